The molecule has 0 aliphatic carbocycles. The highest BCUT2D eigenvalue weighted by Crippen LogP contribution is 2.25. The van der Waals surface area contributed by atoms with Crippen molar-refractivity contribution in [1.82, 2.24) is 10.6 Å². The van der Waals surface area contributed by atoms with Crippen LogP contribution in [0.5, 0.6) is 0 Å². The second-order valence-electron chi connectivity index (χ2n) is 5.36. The fourth-order valence-electron chi connectivity index (χ4n) is 1.92. The maximum atomic E-state index is 5.26. The van der Waals surface area contributed by atoms with E-state index in [0.717, 1.165) is 38.8 Å². The third kappa shape index (κ3) is 5.21. The molecule has 0 saturated carbocycles. The van der Waals surface area contributed by atoms with Crippen molar-refractivity contribution in [2.24, 2.45) is 10.4 Å². The van der Waals surface area contributed by atoms with Crippen LogP contribution < -0.4 is 10.6 Å². The molecule has 1 aliphatic heterocycles. The Morgan fingerprint density at radius 1 is 1.40 bits per heavy atom. The highest BCUT2D eigenvalue weighted by Gasteiger charge is 2.33. The summed E-state index contributed by atoms with van der Waals surface area (Å²) in [5.41, 5.74) is 0.260. The number of nitrogens with zero attached hydrogens (tertiary/aromatic N) is 1. The monoisotopic (exact) mass is 409 g/mol. The first kappa shape index (κ1) is 17.7. The number of aliphatic imine (C=N–C) groups is 1. The van der Waals surface area contributed by atoms with Crippen LogP contribution in [0.2, 0.25) is 0 Å². The predicted molar refractivity (Wildman–Crippen MR) is 96.2 cm³/mol. The number of rotatable bonds is 5. The topological polar surface area (TPSA) is 45.7 Å². The summed E-state index contributed by atoms with van der Waals surface area (Å²) in [6.07, 6.45) is 0. The van der Waals surface area contributed by atoms with Gasteiger partial charge < -0.3 is 15.4 Å². The van der Waals surface area contributed by atoms with Gasteiger partial charge in [-0.3, -0.25) is 0 Å². The number of thiophene rings is 1. The molecule has 0 spiro atoms. The van der Waals surface area contributed by atoms with Crippen molar-refractivity contribution < 1.29 is 4.74 Å². The van der Waals surface area contributed by atoms with Crippen molar-refractivity contribution in [2.75, 3.05) is 26.3 Å². The molecule has 2 rings (SSSR count). The van der Waals surface area contributed by atoms with Gasteiger partial charge in [0.25, 0.3) is 0 Å². The van der Waals surface area contributed by atoms with Crippen LogP contribution in [0.25, 0.3) is 0 Å². The van der Waals surface area contributed by atoms with Gasteiger partial charge in [0, 0.05) is 28.3 Å². The third-order valence-electron chi connectivity index (χ3n) is 3.12. The van der Waals surface area contributed by atoms with Crippen LogP contribution in [0.3, 0.4) is 0 Å². The van der Waals surface area contributed by atoms with Crippen LogP contribution in [0.1, 0.15) is 23.6 Å². The number of hydrogen-bond acceptors (Lipinski definition) is 3. The van der Waals surface area contributed by atoms with Gasteiger partial charge in [0.1, 0.15) is 0 Å². The van der Waals surface area contributed by atoms with Crippen molar-refractivity contribution >= 4 is 41.3 Å². The maximum Gasteiger partial charge on any atom is 0.191 e. The van der Waals surface area contributed by atoms with E-state index < -0.39 is 0 Å². The zero-order chi connectivity index (χ0) is 13.7. The van der Waals surface area contributed by atoms with Crippen LogP contribution in [0.15, 0.2) is 17.1 Å². The maximum absolute atomic E-state index is 5.26. The Morgan fingerprint density at radius 3 is 2.65 bits per heavy atom. The largest absolute Gasteiger partial charge is 0.380 e. The fourth-order valence-corrected chi connectivity index (χ4v) is 2.73. The summed E-state index contributed by atoms with van der Waals surface area (Å²) in [7, 11) is 0. The van der Waals surface area contributed by atoms with Crippen LogP contribution in [-0.2, 0) is 11.3 Å². The molecule has 4 nitrogen and oxygen atoms in total. The Morgan fingerprint density at radius 2 is 2.15 bits per heavy atom. The minimum absolute atomic E-state index is 0. The lowest BCUT2D eigenvalue weighted by Crippen LogP contribution is -2.51. The quantitative estimate of drug-likeness (QED) is 0.447. The minimum Gasteiger partial charge on any atom is -0.380 e. The van der Waals surface area contributed by atoms with Crippen molar-refractivity contribution in [3.05, 3.63) is 21.9 Å². The summed E-state index contributed by atoms with van der Waals surface area (Å²) in [5.74, 6) is 0.890. The molecular weight excluding hydrogens is 385 g/mol. The second kappa shape index (κ2) is 8.19. The highest BCUT2D eigenvalue weighted by atomic mass is 127. The van der Waals surface area contributed by atoms with E-state index in [1.807, 2.05) is 0 Å². The first-order valence-corrected chi connectivity index (χ1v) is 7.58. The summed E-state index contributed by atoms with van der Waals surface area (Å²) in [4.78, 5) is 7.26. The Hall–Kier alpha value is -0.340. The van der Waals surface area contributed by atoms with Gasteiger partial charge in [-0.1, -0.05) is 6.92 Å². The van der Waals surface area contributed by atoms with Crippen molar-refractivity contribution in [3.8, 4) is 0 Å². The lowest BCUT2D eigenvalue weighted by Gasteiger charge is -2.38. The molecule has 0 aromatic carbocycles. The van der Waals surface area contributed by atoms with E-state index in [1.165, 1.54) is 9.75 Å². The normalized spacial score (nSPS) is 17.1. The molecule has 1 aromatic heterocycles. The average molecular weight is 409 g/mol. The summed E-state index contributed by atoms with van der Waals surface area (Å²) in [5, 5.41) is 6.69. The van der Waals surface area contributed by atoms with Crippen molar-refractivity contribution in [2.45, 2.75) is 27.3 Å². The second-order valence-corrected chi connectivity index (χ2v) is 6.74. The lowest BCUT2D eigenvalue weighted by atomic mass is 9.89. The predicted octanol–water partition coefficient (Wildman–Crippen LogP) is 2.77. The van der Waals surface area contributed by atoms with Gasteiger partial charge in [0.2, 0.25) is 0 Å². The molecule has 6 heteroatoms. The minimum atomic E-state index is 0. The van der Waals surface area contributed by atoms with E-state index in [4.69, 9.17) is 4.74 Å². The Balaban J connectivity index is 0.00000200. The average Bonchev–Trinajstić information content (AvgIpc) is 2.76. The Kier molecular flexibility index (Phi) is 7.25. The van der Waals surface area contributed by atoms with E-state index in [0.29, 0.717) is 0 Å². The fraction of sp³-hybridized carbons (Fsp3) is 0.643. The molecule has 1 aliphatic rings. The molecule has 0 amide bonds. The smallest absolute Gasteiger partial charge is 0.191 e. The van der Waals surface area contributed by atoms with E-state index in [9.17, 15) is 0 Å². The van der Waals surface area contributed by atoms with Gasteiger partial charge in [-0.2, -0.15) is 0 Å². The number of ether oxygens (including phenoxy) is 1. The van der Waals surface area contributed by atoms with Crippen LogP contribution >= 0.6 is 35.3 Å². The molecule has 0 radical (unpaired) electrons. The molecule has 1 fully saturated rings. The van der Waals surface area contributed by atoms with E-state index in [-0.39, 0.29) is 29.4 Å². The molecular formula is C14H24IN3OS. The molecule has 1 saturated heterocycles. The lowest BCUT2D eigenvalue weighted by molar-refractivity contribution is -0.0971. The van der Waals surface area contributed by atoms with E-state index >= 15 is 0 Å². The first-order chi connectivity index (χ1) is 9.11. The van der Waals surface area contributed by atoms with Crippen LogP contribution in [0, 0.1) is 12.3 Å². The molecule has 114 valence electrons. The zero-order valence-corrected chi connectivity index (χ0v) is 15.5. The molecule has 20 heavy (non-hydrogen) atoms. The SMILES string of the molecule is CCNC(=NCc1ccc(C)s1)NCC1(C)COC1.I. The first-order valence-electron chi connectivity index (χ1n) is 6.76. The Labute approximate surface area is 142 Å². The summed E-state index contributed by atoms with van der Waals surface area (Å²) < 4.78 is 5.26. The van der Waals surface area contributed by atoms with E-state index in [1.54, 1.807) is 11.3 Å². The molecule has 2 heterocycles. The summed E-state index contributed by atoms with van der Waals surface area (Å²) >= 11 is 1.80. The standard InChI is InChI=1S/C14H23N3OS.HI/c1-4-15-13(17-8-14(3)9-18-10-14)16-7-12-6-5-11(2)19-12;/h5-6H,4,7-10H2,1-3H3,(H2,15,16,17);1H. The number of halogens is 1. The molecule has 2 N–H and O–H groups in total. The number of nitrogens with one attached hydrogen (secondary N) is 2. The van der Waals surface area contributed by atoms with Gasteiger partial charge in [-0.25, -0.2) is 4.99 Å². The third-order valence-corrected chi connectivity index (χ3v) is 4.10. The van der Waals surface area contributed by atoms with Crippen molar-refractivity contribution in [1.29, 1.82) is 0 Å². The zero-order valence-electron chi connectivity index (χ0n) is 12.4. The van der Waals surface area contributed by atoms with Gasteiger partial charge in [0.05, 0.1) is 19.8 Å². The van der Waals surface area contributed by atoms with E-state index in [2.05, 4.69) is 48.5 Å². The van der Waals surface area contributed by atoms with Gasteiger partial charge in [-0.15, -0.1) is 35.3 Å². The number of hydrogen-bond donors (Lipinski definition) is 2. The number of guanidine groups is 1. The molecule has 0 bridgehead atoms. The molecule has 1 aromatic rings. The summed E-state index contributed by atoms with van der Waals surface area (Å²) in [6, 6.07) is 4.29. The molecule has 0 atom stereocenters. The van der Waals surface area contributed by atoms with Gasteiger partial charge >= 0.3 is 0 Å². The van der Waals surface area contributed by atoms with Gasteiger partial charge in [-0.05, 0) is 26.0 Å². The van der Waals surface area contributed by atoms with Crippen molar-refractivity contribution in [3.63, 3.8) is 0 Å². The molecule has 0 unspecified atom stereocenters. The van der Waals surface area contributed by atoms with Crippen LogP contribution in [0.4, 0.5) is 0 Å². The summed E-state index contributed by atoms with van der Waals surface area (Å²) in [6.45, 7) is 10.6. The Bertz CT molecular complexity index is 443. The van der Waals surface area contributed by atoms with Crippen LogP contribution in [-0.4, -0.2) is 32.3 Å². The number of aryl methyl sites for hydroxylation is 1. The highest BCUT2D eigenvalue weighted by molar-refractivity contribution is 14.0. The van der Waals surface area contributed by atoms with Gasteiger partial charge in [0.15, 0.2) is 5.96 Å².